The molecule has 5 N–H and O–H groups in total. The molecule has 1 aromatic heterocycles. The molecule has 1 fully saturated rings. The first-order valence-electron chi connectivity index (χ1n) is 11.5. The van der Waals surface area contributed by atoms with Crippen molar-refractivity contribution in [1.29, 1.82) is 10.7 Å². The van der Waals surface area contributed by atoms with Crippen molar-refractivity contribution in [2.75, 3.05) is 43.9 Å². The number of aromatic nitrogens is 2. The monoisotopic (exact) mass is 470 g/mol. The lowest BCUT2D eigenvalue weighted by Gasteiger charge is -2.34. The molecule has 0 amide bonds. The highest BCUT2D eigenvalue weighted by Gasteiger charge is 2.19. The van der Waals surface area contributed by atoms with Crippen LogP contribution >= 0.6 is 0 Å². The molecular weight excluding hydrogens is 440 g/mol. The first kappa shape index (κ1) is 24.1. The molecule has 9 nitrogen and oxygen atoms in total. The summed E-state index contributed by atoms with van der Waals surface area (Å²) in [6.07, 6.45) is 0.900. The lowest BCUT2D eigenvalue weighted by Crippen LogP contribution is -2.44. The molecule has 0 spiro atoms. The second-order valence-electron chi connectivity index (χ2n) is 8.86. The Morgan fingerprint density at radius 1 is 1.14 bits per heavy atom. The van der Waals surface area contributed by atoms with Crippen LogP contribution in [0.25, 0.3) is 0 Å². The molecule has 1 atom stereocenters. The zero-order valence-corrected chi connectivity index (χ0v) is 20.2. The van der Waals surface area contributed by atoms with Crippen LogP contribution in [-0.4, -0.2) is 54.0 Å². The van der Waals surface area contributed by atoms with E-state index in [1.54, 1.807) is 30.5 Å². The fourth-order valence-corrected chi connectivity index (χ4v) is 4.29. The molecule has 1 saturated heterocycles. The number of nitrogen functional groups attached to an aromatic ring is 1. The van der Waals surface area contributed by atoms with Crippen molar-refractivity contribution >= 4 is 17.1 Å². The van der Waals surface area contributed by atoms with E-state index in [1.165, 1.54) is 0 Å². The number of hydrogen-bond donors (Lipinski definition) is 3. The van der Waals surface area contributed by atoms with Crippen molar-refractivity contribution in [3.05, 3.63) is 76.1 Å². The van der Waals surface area contributed by atoms with E-state index in [2.05, 4.69) is 33.1 Å². The Kier molecular flexibility index (Phi) is 6.96. The largest absolute Gasteiger partial charge is 0.471 e. The molecule has 0 radical (unpaired) electrons. The SMILES string of the molecule is Cc1cnnc(C)c1[C@@H](N)Oc1ccc(N)c(C(=N)c2cc(C#N)cc(N3CCN(C)CC3)c2)c1. The standard InChI is InChI=1S/C26H30N8O/c1-16-15-31-32-17(2)24(16)26(30)35-21-4-5-23(28)22(13-21)25(29)19-10-18(14-27)11-20(12-19)34-8-6-33(3)7-9-34/h4-5,10-13,15,26,29H,6-9,28,30H2,1-3H3/t26-/m0/s1. The van der Waals surface area contributed by atoms with Crippen molar-refractivity contribution in [1.82, 2.24) is 15.1 Å². The topological polar surface area (TPSA) is 141 Å². The van der Waals surface area contributed by atoms with Crippen LogP contribution in [0.1, 0.15) is 39.7 Å². The van der Waals surface area contributed by atoms with Crippen LogP contribution in [0, 0.1) is 30.6 Å². The average molecular weight is 471 g/mol. The van der Waals surface area contributed by atoms with Crippen LogP contribution in [0.4, 0.5) is 11.4 Å². The molecule has 0 aliphatic carbocycles. The molecule has 2 aromatic carbocycles. The van der Waals surface area contributed by atoms with Crippen LogP contribution in [0.2, 0.25) is 0 Å². The third kappa shape index (κ3) is 5.24. The minimum absolute atomic E-state index is 0.215. The number of nitrogens with one attached hydrogen (secondary N) is 1. The predicted octanol–water partition coefficient (Wildman–Crippen LogP) is 2.75. The predicted molar refractivity (Wildman–Crippen MR) is 137 cm³/mol. The molecule has 9 heteroatoms. The summed E-state index contributed by atoms with van der Waals surface area (Å²) in [6, 6.07) is 12.9. The van der Waals surface area contributed by atoms with Gasteiger partial charge in [0.1, 0.15) is 5.75 Å². The summed E-state index contributed by atoms with van der Waals surface area (Å²) in [4.78, 5) is 4.52. The molecule has 0 bridgehead atoms. The third-order valence-electron chi connectivity index (χ3n) is 6.32. The fraction of sp³-hybridized carbons (Fsp3) is 0.308. The Balaban J connectivity index is 1.63. The zero-order valence-electron chi connectivity index (χ0n) is 20.2. The fourth-order valence-electron chi connectivity index (χ4n) is 4.29. The molecule has 35 heavy (non-hydrogen) atoms. The number of benzene rings is 2. The van der Waals surface area contributed by atoms with Gasteiger partial charge in [0, 0.05) is 54.2 Å². The van der Waals surface area contributed by atoms with Gasteiger partial charge >= 0.3 is 0 Å². The highest BCUT2D eigenvalue weighted by atomic mass is 16.5. The quantitative estimate of drug-likeness (QED) is 0.284. The second kappa shape index (κ2) is 10.1. The number of nitriles is 1. The van der Waals surface area contributed by atoms with E-state index in [-0.39, 0.29) is 5.71 Å². The number of hydrogen-bond acceptors (Lipinski definition) is 9. The molecule has 0 unspecified atom stereocenters. The number of piperazine rings is 1. The maximum absolute atomic E-state index is 9.61. The average Bonchev–Trinajstić information content (AvgIpc) is 2.84. The highest BCUT2D eigenvalue weighted by molar-refractivity contribution is 6.14. The first-order chi connectivity index (χ1) is 16.8. The number of nitrogens with two attached hydrogens (primary N) is 2. The summed E-state index contributed by atoms with van der Waals surface area (Å²) in [5.41, 5.74) is 18.2. The van der Waals surface area contributed by atoms with E-state index < -0.39 is 6.23 Å². The summed E-state index contributed by atoms with van der Waals surface area (Å²) in [6.45, 7) is 7.37. The van der Waals surface area contributed by atoms with Gasteiger partial charge in [-0.05, 0) is 62.9 Å². The number of rotatable bonds is 6. The molecule has 3 aromatic rings. The summed E-state index contributed by atoms with van der Waals surface area (Å²) < 4.78 is 6.01. The summed E-state index contributed by atoms with van der Waals surface area (Å²) >= 11 is 0. The molecule has 1 aliphatic heterocycles. The number of aryl methyl sites for hydroxylation is 2. The maximum Gasteiger partial charge on any atom is 0.176 e. The number of likely N-dealkylation sites (N-methyl/N-ethyl adjacent to an activating group) is 1. The second-order valence-corrected chi connectivity index (χ2v) is 8.86. The molecule has 2 heterocycles. The van der Waals surface area contributed by atoms with Crippen molar-refractivity contribution < 1.29 is 4.74 Å². The lowest BCUT2D eigenvalue weighted by atomic mass is 9.98. The third-order valence-corrected chi connectivity index (χ3v) is 6.32. The van der Waals surface area contributed by atoms with Gasteiger partial charge in [-0.15, -0.1) is 0 Å². The highest BCUT2D eigenvalue weighted by Crippen LogP contribution is 2.28. The van der Waals surface area contributed by atoms with Crippen molar-refractivity contribution in [2.24, 2.45) is 5.73 Å². The van der Waals surface area contributed by atoms with Crippen LogP contribution in [0.15, 0.2) is 42.6 Å². The molecule has 180 valence electrons. The first-order valence-corrected chi connectivity index (χ1v) is 11.5. The molecule has 4 rings (SSSR count). The smallest absolute Gasteiger partial charge is 0.176 e. The van der Waals surface area contributed by atoms with E-state index in [0.29, 0.717) is 33.8 Å². The van der Waals surface area contributed by atoms with Gasteiger partial charge < -0.3 is 20.3 Å². The Morgan fingerprint density at radius 2 is 1.89 bits per heavy atom. The Morgan fingerprint density at radius 3 is 2.57 bits per heavy atom. The van der Waals surface area contributed by atoms with E-state index >= 15 is 0 Å². The van der Waals surface area contributed by atoms with Gasteiger partial charge in [0.25, 0.3) is 0 Å². The van der Waals surface area contributed by atoms with E-state index in [9.17, 15) is 5.26 Å². The summed E-state index contributed by atoms with van der Waals surface area (Å²) in [5, 5.41) is 26.5. The maximum atomic E-state index is 9.61. The normalized spacial score (nSPS) is 14.9. The van der Waals surface area contributed by atoms with E-state index in [0.717, 1.165) is 43.0 Å². The summed E-state index contributed by atoms with van der Waals surface area (Å²) in [5.74, 6) is 0.484. The van der Waals surface area contributed by atoms with E-state index in [1.807, 2.05) is 26.0 Å². The summed E-state index contributed by atoms with van der Waals surface area (Å²) in [7, 11) is 2.10. The van der Waals surface area contributed by atoms with Gasteiger partial charge in [0.2, 0.25) is 0 Å². The Labute approximate surface area is 205 Å². The van der Waals surface area contributed by atoms with Crippen molar-refractivity contribution in [3.8, 4) is 11.8 Å². The van der Waals surface area contributed by atoms with Crippen molar-refractivity contribution in [2.45, 2.75) is 20.1 Å². The van der Waals surface area contributed by atoms with Crippen molar-refractivity contribution in [3.63, 3.8) is 0 Å². The van der Waals surface area contributed by atoms with Crippen LogP contribution < -0.4 is 21.1 Å². The lowest BCUT2D eigenvalue weighted by molar-refractivity contribution is 0.211. The molecular formula is C26H30N8O. The number of nitrogens with zero attached hydrogens (tertiary/aromatic N) is 5. The van der Waals surface area contributed by atoms with Gasteiger partial charge in [-0.1, -0.05) is 0 Å². The number of anilines is 2. The van der Waals surface area contributed by atoms with Gasteiger partial charge in [-0.3, -0.25) is 11.1 Å². The van der Waals surface area contributed by atoms with Gasteiger partial charge in [0.15, 0.2) is 6.23 Å². The van der Waals surface area contributed by atoms with Crippen LogP contribution in [0.3, 0.4) is 0 Å². The minimum Gasteiger partial charge on any atom is -0.471 e. The zero-order chi connectivity index (χ0) is 25.1. The Bertz CT molecular complexity index is 1270. The number of ether oxygens (including phenoxy) is 1. The van der Waals surface area contributed by atoms with Gasteiger partial charge in [0.05, 0.1) is 29.2 Å². The van der Waals surface area contributed by atoms with Crippen LogP contribution in [-0.2, 0) is 0 Å². The molecule has 0 saturated carbocycles. The van der Waals surface area contributed by atoms with Gasteiger partial charge in [-0.2, -0.15) is 15.5 Å². The van der Waals surface area contributed by atoms with Crippen LogP contribution in [0.5, 0.6) is 5.75 Å². The Hall–Kier alpha value is -4.00. The minimum atomic E-state index is -0.748. The van der Waals surface area contributed by atoms with E-state index in [4.69, 9.17) is 21.6 Å². The molecule has 1 aliphatic rings. The van der Waals surface area contributed by atoms with Gasteiger partial charge in [-0.25, -0.2) is 0 Å².